The number of alkyl halides is 3. The summed E-state index contributed by atoms with van der Waals surface area (Å²) in [6.07, 6.45) is -2.71. The second-order valence-electron chi connectivity index (χ2n) is 5.63. The van der Waals surface area contributed by atoms with Crippen LogP contribution in [0.4, 0.5) is 13.2 Å². The van der Waals surface area contributed by atoms with Crippen LogP contribution < -0.4 is 11.1 Å². The van der Waals surface area contributed by atoms with Gasteiger partial charge in [-0.15, -0.1) is 0 Å². The molecule has 3 N–H and O–H groups in total. The smallest absolute Gasteiger partial charge is 0.352 e. The van der Waals surface area contributed by atoms with E-state index in [0.717, 1.165) is 0 Å². The highest BCUT2D eigenvalue weighted by atomic mass is 19.4. The maximum Gasteiger partial charge on any atom is 0.392 e. The third-order valence-electron chi connectivity index (χ3n) is 3.91. The lowest BCUT2D eigenvalue weighted by atomic mass is 9.78. The fraction of sp³-hybridized carbons (Fsp3) is 0.923. The Labute approximate surface area is 112 Å². The van der Waals surface area contributed by atoms with Gasteiger partial charge < -0.3 is 11.1 Å². The molecule has 1 rings (SSSR count). The van der Waals surface area contributed by atoms with Gasteiger partial charge in [0.1, 0.15) is 0 Å². The predicted molar refractivity (Wildman–Crippen MR) is 67.3 cm³/mol. The number of rotatable bonds is 4. The van der Waals surface area contributed by atoms with Crippen LogP contribution in [-0.4, -0.2) is 24.7 Å². The summed E-state index contributed by atoms with van der Waals surface area (Å²) in [6.45, 7) is 4.02. The average Bonchev–Trinajstić information content (AvgIpc) is 2.34. The summed E-state index contributed by atoms with van der Waals surface area (Å²) >= 11 is 0. The highest BCUT2D eigenvalue weighted by Crippen LogP contribution is 2.41. The first-order chi connectivity index (χ1) is 8.77. The van der Waals surface area contributed by atoms with Crippen LogP contribution in [-0.2, 0) is 4.79 Å². The third kappa shape index (κ3) is 4.37. The van der Waals surface area contributed by atoms with Crippen LogP contribution >= 0.6 is 0 Å². The Bertz CT molecular complexity index is 305. The van der Waals surface area contributed by atoms with Crippen LogP contribution in [0.25, 0.3) is 0 Å². The molecule has 0 heterocycles. The van der Waals surface area contributed by atoms with Crippen molar-refractivity contribution in [1.82, 2.24) is 5.32 Å². The Balaban J connectivity index is 2.72. The van der Waals surface area contributed by atoms with E-state index in [4.69, 9.17) is 5.73 Å². The fourth-order valence-corrected chi connectivity index (χ4v) is 2.62. The Hall–Kier alpha value is -0.780. The SMILES string of the molecule is CC(C)C(CN)NC(=O)C1CCCCC1C(F)(F)F. The second-order valence-corrected chi connectivity index (χ2v) is 5.63. The molecule has 1 aliphatic rings. The number of carbonyl (C=O) groups excluding carboxylic acids is 1. The normalized spacial score (nSPS) is 26.3. The van der Waals surface area contributed by atoms with Gasteiger partial charge in [0.05, 0.1) is 5.92 Å². The molecular formula is C13H23F3N2O. The zero-order valence-electron chi connectivity index (χ0n) is 11.5. The van der Waals surface area contributed by atoms with E-state index < -0.39 is 23.9 Å². The number of carbonyl (C=O) groups is 1. The molecule has 0 bridgehead atoms. The van der Waals surface area contributed by atoms with E-state index in [1.54, 1.807) is 0 Å². The molecule has 3 nitrogen and oxygen atoms in total. The van der Waals surface area contributed by atoms with Crippen molar-refractivity contribution in [3.63, 3.8) is 0 Å². The first kappa shape index (κ1) is 16.3. The maximum absolute atomic E-state index is 12.9. The molecule has 0 radical (unpaired) electrons. The quantitative estimate of drug-likeness (QED) is 0.831. The second kappa shape index (κ2) is 6.59. The van der Waals surface area contributed by atoms with Gasteiger partial charge in [0.2, 0.25) is 5.91 Å². The van der Waals surface area contributed by atoms with E-state index in [2.05, 4.69) is 5.32 Å². The molecule has 112 valence electrons. The zero-order valence-corrected chi connectivity index (χ0v) is 11.5. The standard InChI is InChI=1S/C13H23F3N2O/c1-8(2)11(7-17)18-12(19)9-5-3-4-6-10(9)13(14,15)16/h8-11H,3-7,17H2,1-2H3,(H,18,19). The van der Waals surface area contributed by atoms with E-state index in [9.17, 15) is 18.0 Å². The lowest BCUT2D eigenvalue weighted by Gasteiger charge is -2.33. The van der Waals surface area contributed by atoms with E-state index >= 15 is 0 Å². The molecule has 3 unspecified atom stereocenters. The van der Waals surface area contributed by atoms with Crippen molar-refractivity contribution < 1.29 is 18.0 Å². The molecule has 0 aromatic rings. The van der Waals surface area contributed by atoms with Gasteiger partial charge in [0.25, 0.3) is 0 Å². The molecule has 6 heteroatoms. The molecule has 0 saturated heterocycles. The third-order valence-corrected chi connectivity index (χ3v) is 3.91. The summed E-state index contributed by atoms with van der Waals surface area (Å²) in [6, 6.07) is -0.261. The number of amides is 1. The van der Waals surface area contributed by atoms with Crippen LogP contribution in [0, 0.1) is 17.8 Å². The fourth-order valence-electron chi connectivity index (χ4n) is 2.62. The largest absolute Gasteiger partial charge is 0.392 e. The van der Waals surface area contributed by atoms with Crippen molar-refractivity contribution in [1.29, 1.82) is 0 Å². The van der Waals surface area contributed by atoms with Crippen molar-refractivity contribution in [2.75, 3.05) is 6.54 Å². The van der Waals surface area contributed by atoms with Crippen LogP contribution in [0.3, 0.4) is 0 Å². The number of nitrogens with one attached hydrogen (secondary N) is 1. The lowest BCUT2D eigenvalue weighted by molar-refractivity contribution is -0.198. The molecule has 0 spiro atoms. The van der Waals surface area contributed by atoms with Gasteiger partial charge in [-0.3, -0.25) is 4.79 Å². The van der Waals surface area contributed by atoms with E-state index in [1.807, 2.05) is 13.8 Å². The number of hydrogen-bond acceptors (Lipinski definition) is 2. The monoisotopic (exact) mass is 280 g/mol. The molecular weight excluding hydrogens is 257 g/mol. The summed E-state index contributed by atoms with van der Waals surface area (Å²) in [5, 5.41) is 2.67. The Morgan fingerprint density at radius 3 is 2.37 bits per heavy atom. The number of halogens is 3. The van der Waals surface area contributed by atoms with Crippen LogP contribution in [0.2, 0.25) is 0 Å². The minimum Gasteiger partial charge on any atom is -0.352 e. The topological polar surface area (TPSA) is 55.1 Å². The van der Waals surface area contributed by atoms with Crippen molar-refractivity contribution in [2.24, 2.45) is 23.5 Å². The van der Waals surface area contributed by atoms with Gasteiger partial charge in [-0.05, 0) is 18.8 Å². The van der Waals surface area contributed by atoms with Crippen molar-refractivity contribution in [3.8, 4) is 0 Å². The minimum atomic E-state index is -4.29. The molecule has 0 aromatic carbocycles. The first-order valence-corrected chi connectivity index (χ1v) is 6.84. The van der Waals surface area contributed by atoms with Gasteiger partial charge >= 0.3 is 6.18 Å². The number of hydrogen-bond donors (Lipinski definition) is 2. The lowest BCUT2D eigenvalue weighted by Crippen LogP contribution is -2.49. The van der Waals surface area contributed by atoms with Crippen molar-refractivity contribution in [3.05, 3.63) is 0 Å². The molecule has 1 aliphatic carbocycles. The molecule has 0 aromatic heterocycles. The summed E-state index contributed by atoms with van der Waals surface area (Å²) in [5.74, 6) is -2.85. The van der Waals surface area contributed by atoms with Gasteiger partial charge in [-0.2, -0.15) is 13.2 Å². The van der Waals surface area contributed by atoms with Gasteiger partial charge in [0, 0.05) is 18.5 Å². The molecule has 1 amide bonds. The Kier molecular flexibility index (Phi) is 5.64. The van der Waals surface area contributed by atoms with E-state index in [-0.39, 0.29) is 24.9 Å². The summed E-state index contributed by atoms with van der Waals surface area (Å²) in [5.41, 5.74) is 5.54. The van der Waals surface area contributed by atoms with Gasteiger partial charge in [-0.25, -0.2) is 0 Å². The minimum absolute atomic E-state index is 0.0521. The van der Waals surface area contributed by atoms with E-state index in [1.165, 1.54) is 0 Å². The van der Waals surface area contributed by atoms with Crippen LogP contribution in [0.5, 0.6) is 0 Å². The zero-order chi connectivity index (χ0) is 14.6. The Morgan fingerprint density at radius 1 is 1.32 bits per heavy atom. The first-order valence-electron chi connectivity index (χ1n) is 6.84. The molecule has 1 fully saturated rings. The highest BCUT2D eigenvalue weighted by Gasteiger charge is 2.48. The molecule has 1 saturated carbocycles. The highest BCUT2D eigenvalue weighted by molar-refractivity contribution is 5.79. The molecule has 3 atom stereocenters. The van der Waals surface area contributed by atoms with Crippen molar-refractivity contribution >= 4 is 5.91 Å². The van der Waals surface area contributed by atoms with Gasteiger partial charge in [0.15, 0.2) is 0 Å². The van der Waals surface area contributed by atoms with Crippen molar-refractivity contribution in [2.45, 2.75) is 51.7 Å². The summed E-state index contributed by atoms with van der Waals surface area (Å²) in [4.78, 5) is 12.1. The summed E-state index contributed by atoms with van der Waals surface area (Å²) < 4.78 is 38.8. The summed E-state index contributed by atoms with van der Waals surface area (Å²) in [7, 11) is 0. The Morgan fingerprint density at radius 2 is 1.89 bits per heavy atom. The van der Waals surface area contributed by atoms with Crippen LogP contribution in [0.15, 0.2) is 0 Å². The molecule has 0 aliphatic heterocycles. The van der Waals surface area contributed by atoms with Crippen LogP contribution in [0.1, 0.15) is 39.5 Å². The average molecular weight is 280 g/mol. The van der Waals surface area contributed by atoms with E-state index in [0.29, 0.717) is 19.3 Å². The van der Waals surface area contributed by atoms with Gasteiger partial charge in [-0.1, -0.05) is 26.7 Å². The number of nitrogens with two attached hydrogens (primary N) is 1. The predicted octanol–water partition coefficient (Wildman–Crippen LogP) is 2.45. The maximum atomic E-state index is 12.9. The molecule has 19 heavy (non-hydrogen) atoms.